The molecule has 2 heterocycles. The SMILES string of the molecule is Cc1cn2c(ccc3cccc(CN)c32)n1. The third-order valence-electron chi connectivity index (χ3n) is 2.88. The fraction of sp³-hybridized carbons (Fsp3) is 0.154. The second-order valence-corrected chi connectivity index (χ2v) is 4.00. The van der Waals surface area contributed by atoms with E-state index in [1.807, 2.05) is 19.1 Å². The molecule has 3 heteroatoms. The highest BCUT2D eigenvalue weighted by Crippen LogP contribution is 2.20. The average molecular weight is 211 g/mol. The molecule has 3 aromatic rings. The summed E-state index contributed by atoms with van der Waals surface area (Å²) in [6.07, 6.45) is 2.05. The molecule has 3 rings (SSSR count). The van der Waals surface area contributed by atoms with Crippen LogP contribution in [0.15, 0.2) is 36.5 Å². The summed E-state index contributed by atoms with van der Waals surface area (Å²) in [4.78, 5) is 4.46. The number of benzene rings is 1. The second-order valence-electron chi connectivity index (χ2n) is 4.00. The van der Waals surface area contributed by atoms with E-state index in [9.17, 15) is 0 Å². The van der Waals surface area contributed by atoms with Gasteiger partial charge in [0, 0.05) is 12.7 Å². The zero-order chi connectivity index (χ0) is 11.1. The van der Waals surface area contributed by atoms with Crippen LogP contribution in [0.25, 0.3) is 16.6 Å². The lowest BCUT2D eigenvalue weighted by molar-refractivity contribution is 1.07. The number of pyridine rings is 1. The average Bonchev–Trinajstić information content (AvgIpc) is 2.68. The Balaban J connectivity index is 2.56. The summed E-state index contributed by atoms with van der Waals surface area (Å²) in [7, 11) is 0. The first-order chi connectivity index (χ1) is 7.79. The first kappa shape index (κ1) is 9.36. The van der Waals surface area contributed by atoms with Crippen LogP contribution in [-0.4, -0.2) is 9.38 Å². The van der Waals surface area contributed by atoms with Gasteiger partial charge in [-0.3, -0.25) is 4.40 Å². The van der Waals surface area contributed by atoms with E-state index in [2.05, 4.69) is 33.8 Å². The molecule has 0 aliphatic rings. The Labute approximate surface area is 93.5 Å². The highest BCUT2D eigenvalue weighted by atomic mass is 15.0. The zero-order valence-corrected chi connectivity index (χ0v) is 9.14. The Hall–Kier alpha value is -1.87. The van der Waals surface area contributed by atoms with Crippen molar-refractivity contribution in [2.75, 3.05) is 0 Å². The van der Waals surface area contributed by atoms with Crippen LogP contribution in [-0.2, 0) is 6.54 Å². The molecule has 1 aromatic carbocycles. The topological polar surface area (TPSA) is 43.3 Å². The van der Waals surface area contributed by atoms with Gasteiger partial charge in [0.25, 0.3) is 0 Å². The van der Waals surface area contributed by atoms with Gasteiger partial charge in [-0.2, -0.15) is 0 Å². The Kier molecular flexibility index (Phi) is 1.94. The predicted octanol–water partition coefficient (Wildman–Crippen LogP) is 2.25. The standard InChI is InChI=1S/C13H13N3/c1-9-8-16-12(15-9)6-5-10-3-2-4-11(7-14)13(10)16/h2-6,8H,7,14H2,1H3. The molecule has 3 nitrogen and oxygen atoms in total. The van der Waals surface area contributed by atoms with E-state index >= 15 is 0 Å². The minimum Gasteiger partial charge on any atom is -0.326 e. The maximum absolute atomic E-state index is 5.78. The van der Waals surface area contributed by atoms with Crippen molar-refractivity contribution in [3.05, 3.63) is 47.8 Å². The number of aryl methyl sites for hydroxylation is 1. The Morgan fingerprint density at radius 2 is 2.12 bits per heavy atom. The summed E-state index contributed by atoms with van der Waals surface area (Å²) in [6.45, 7) is 2.55. The van der Waals surface area contributed by atoms with Gasteiger partial charge in [0.15, 0.2) is 0 Å². The summed E-state index contributed by atoms with van der Waals surface area (Å²) < 4.78 is 2.12. The molecule has 0 radical (unpaired) electrons. The van der Waals surface area contributed by atoms with Crippen molar-refractivity contribution in [1.82, 2.24) is 9.38 Å². The smallest absolute Gasteiger partial charge is 0.137 e. The summed E-state index contributed by atoms with van der Waals surface area (Å²) in [6, 6.07) is 10.3. The van der Waals surface area contributed by atoms with Crippen LogP contribution in [0.4, 0.5) is 0 Å². The number of aromatic nitrogens is 2. The van der Waals surface area contributed by atoms with Crippen molar-refractivity contribution in [1.29, 1.82) is 0 Å². The Morgan fingerprint density at radius 3 is 2.94 bits per heavy atom. The number of nitrogens with two attached hydrogens (primary N) is 1. The van der Waals surface area contributed by atoms with Crippen LogP contribution >= 0.6 is 0 Å². The first-order valence-electron chi connectivity index (χ1n) is 5.36. The van der Waals surface area contributed by atoms with Gasteiger partial charge in [0.1, 0.15) is 5.65 Å². The van der Waals surface area contributed by atoms with Gasteiger partial charge in [0.2, 0.25) is 0 Å². The third kappa shape index (κ3) is 1.22. The van der Waals surface area contributed by atoms with Crippen LogP contribution in [0.1, 0.15) is 11.3 Å². The highest BCUT2D eigenvalue weighted by molar-refractivity contribution is 5.85. The van der Waals surface area contributed by atoms with Crippen molar-refractivity contribution in [2.24, 2.45) is 5.73 Å². The van der Waals surface area contributed by atoms with Gasteiger partial charge in [-0.1, -0.05) is 18.2 Å². The predicted molar refractivity (Wildman–Crippen MR) is 65.3 cm³/mol. The van der Waals surface area contributed by atoms with Crippen LogP contribution in [0.5, 0.6) is 0 Å². The summed E-state index contributed by atoms with van der Waals surface area (Å²) in [5.41, 5.74) is 10.1. The molecule has 2 aromatic heterocycles. The van der Waals surface area contributed by atoms with Gasteiger partial charge in [-0.15, -0.1) is 0 Å². The van der Waals surface area contributed by atoms with Crippen LogP contribution in [0.2, 0.25) is 0 Å². The lowest BCUT2D eigenvalue weighted by Crippen LogP contribution is -2.00. The lowest BCUT2D eigenvalue weighted by atomic mass is 10.1. The fourth-order valence-electron chi connectivity index (χ4n) is 2.18. The van der Waals surface area contributed by atoms with Crippen molar-refractivity contribution >= 4 is 16.6 Å². The minimum absolute atomic E-state index is 0.549. The number of rotatable bonds is 1. The first-order valence-corrected chi connectivity index (χ1v) is 5.36. The molecule has 0 aliphatic heterocycles. The van der Waals surface area contributed by atoms with Crippen molar-refractivity contribution < 1.29 is 0 Å². The van der Waals surface area contributed by atoms with Gasteiger partial charge in [0.05, 0.1) is 11.2 Å². The third-order valence-corrected chi connectivity index (χ3v) is 2.88. The summed E-state index contributed by atoms with van der Waals surface area (Å²) in [5.74, 6) is 0. The van der Waals surface area contributed by atoms with Gasteiger partial charge < -0.3 is 5.73 Å². The zero-order valence-electron chi connectivity index (χ0n) is 9.14. The second kappa shape index (κ2) is 3.32. The number of imidazole rings is 1. The summed E-state index contributed by atoms with van der Waals surface area (Å²) >= 11 is 0. The summed E-state index contributed by atoms with van der Waals surface area (Å²) in [5, 5.41) is 1.20. The van der Waals surface area contributed by atoms with Gasteiger partial charge in [-0.05, 0) is 30.0 Å². The minimum atomic E-state index is 0.549. The molecule has 0 fully saturated rings. The molecule has 0 atom stereocenters. The van der Waals surface area contributed by atoms with E-state index in [0.717, 1.165) is 16.9 Å². The molecule has 0 saturated heterocycles. The van der Waals surface area contributed by atoms with E-state index < -0.39 is 0 Å². The molecular formula is C13H13N3. The van der Waals surface area contributed by atoms with Crippen LogP contribution < -0.4 is 5.73 Å². The Morgan fingerprint density at radius 1 is 1.25 bits per heavy atom. The van der Waals surface area contributed by atoms with E-state index in [4.69, 9.17) is 5.73 Å². The van der Waals surface area contributed by atoms with E-state index in [-0.39, 0.29) is 0 Å². The molecule has 0 aliphatic carbocycles. The van der Waals surface area contributed by atoms with Crippen molar-refractivity contribution in [2.45, 2.75) is 13.5 Å². The fourth-order valence-corrected chi connectivity index (χ4v) is 2.18. The number of para-hydroxylation sites is 1. The highest BCUT2D eigenvalue weighted by Gasteiger charge is 2.05. The molecule has 0 spiro atoms. The van der Waals surface area contributed by atoms with Gasteiger partial charge >= 0.3 is 0 Å². The lowest BCUT2D eigenvalue weighted by Gasteiger charge is -2.06. The van der Waals surface area contributed by atoms with Crippen LogP contribution in [0.3, 0.4) is 0 Å². The molecule has 0 unspecified atom stereocenters. The normalized spacial score (nSPS) is 11.4. The van der Waals surface area contributed by atoms with Crippen molar-refractivity contribution in [3.63, 3.8) is 0 Å². The van der Waals surface area contributed by atoms with Crippen molar-refractivity contribution in [3.8, 4) is 0 Å². The molecule has 0 amide bonds. The van der Waals surface area contributed by atoms with E-state index in [0.29, 0.717) is 6.54 Å². The monoisotopic (exact) mass is 211 g/mol. The Bertz CT molecular complexity index is 667. The van der Waals surface area contributed by atoms with Gasteiger partial charge in [-0.25, -0.2) is 4.98 Å². The number of hydrogen-bond acceptors (Lipinski definition) is 2. The van der Waals surface area contributed by atoms with E-state index in [1.54, 1.807) is 0 Å². The van der Waals surface area contributed by atoms with E-state index in [1.165, 1.54) is 10.9 Å². The molecule has 16 heavy (non-hydrogen) atoms. The maximum Gasteiger partial charge on any atom is 0.137 e. The number of fused-ring (bicyclic) bond motifs is 3. The molecule has 80 valence electrons. The number of hydrogen-bond donors (Lipinski definition) is 1. The largest absolute Gasteiger partial charge is 0.326 e. The maximum atomic E-state index is 5.78. The number of nitrogens with zero attached hydrogens (tertiary/aromatic N) is 2. The quantitative estimate of drug-likeness (QED) is 0.671. The molecule has 2 N–H and O–H groups in total. The van der Waals surface area contributed by atoms with Crippen LogP contribution in [0, 0.1) is 6.92 Å². The molecule has 0 saturated carbocycles. The molecule has 0 bridgehead atoms. The molecular weight excluding hydrogens is 198 g/mol.